The number of carbonyl (C=O) groups excluding carboxylic acids is 1. The largest absolute Gasteiger partial charge is 0.501 e. The SMILES string of the molecule is C#C/C(=C\C=C(/C)OC)CN/C(=C/C=C\C)C(=C)C(=O)OC. The van der Waals surface area contributed by atoms with Gasteiger partial charge in [-0.1, -0.05) is 24.7 Å². The number of hydrogen-bond acceptors (Lipinski definition) is 4. The monoisotopic (exact) mass is 301 g/mol. The highest BCUT2D eigenvalue weighted by atomic mass is 16.5. The Morgan fingerprint density at radius 2 is 1.95 bits per heavy atom. The lowest BCUT2D eigenvalue weighted by molar-refractivity contribution is -0.135. The van der Waals surface area contributed by atoms with E-state index in [0.717, 1.165) is 5.76 Å². The van der Waals surface area contributed by atoms with Gasteiger partial charge in [-0.3, -0.25) is 0 Å². The van der Waals surface area contributed by atoms with Crippen molar-refractivity contribution in [1.29, 1.82) is 0 Å². The van der Waals surface area contributed by atoms with Gasteiger partial charge in [0.15, 0.2) is 0 Å². The molecule has 4 nitrogen and oxygen atoms in total. The third-order valence-corrected chi connectivity index (χ3v) is 2.71. The van der Waals surface area contributed by atoms with E-state index < -0.39 is 5.97 Å². The summed E-state index contributed by atoms with van der Waals surface area (Å²) in [4.78, 5) is 11.6. The first-order valence-electron chi connectivity index (χ1n) is 6.72. The minimum absolute atomic E-state index is 0.237. The molecular formula is C18H23NO3. The predicted octanol–water partition coefficient (Wildman–Crippen LogP) is 2.88. The summed E-state index contributed by atoms with van der Waals surface area (Å²) in [6, 6.07) is 0. The molecule has 0 aromatic carbocycles. The van der Waals surface area contributed by atoms with Crippen molar-refractivity contribution in [2.45, 2.75) is 13.8 Å². The molecule has 118 valence electrons. The topological polar surface area (TPSA) is 47.6 Å². The molecule has 0 unspecified atom stereocenters. The van der Waals surface area contributed by atoms with Crippen molar-refractivity contribution in [3.63, 3.8) is 0 Å². The smallest absolute Gasteiger partial charge is 0.339 e. The van der Waals surface area contributed by atoms with E-state index in [1.165, 1.54) is 7.11 Å². The Morgan fingerprint density at radius 3 is 2.45 bits per heavy atom. The molecule has 0 aromatic heterocycles. The van der Waals surface area contributed by atoms with E-state index in [9.17, 15) is 4.79 Å². The molecule has 0 amide bonds. The van der Waals surface area contributed by atoms with Crippen LogP contribution in [0.15, 0.2) is 59.6 Å². The Kier molecular flexibility index (Phi) is 9.70. The van der Waals surface area contributed by atoms with Crippen molar-refractivity contribution in [2.24, 2.45) is 0 Å². The molecule has 0 bridgehead atoms. The molecule has 0 aromatic rings. The van der Waals surface area contributed by atoms with Gasteiger partial charge in [-0.25, -0.2) is 4.79 Å². The number of terminal acetylenes is 1. The van der Waals surface area contributed by atoms with Crippen LogP contribution in [0.4, 0.5) is 0 Å². The van der Waals surface area contributed by atoms with Crippen LogP contribution in [0.25, 0.3) is 0 Å². The number of carbonyl (C=O) groups is 1. The third-order valence-electron chi connectivity index (χ3n) is 2.71. The highest BCUT2D eigenvalue weighted by Gasteiger charge is 2.11. The van der Waals surface area contributed by atoms with E-state index in [1.807, 2.05) is 19.9 Å². The number of allylic oxidation sites excluding steroid dienone is 6. The summed E-state index contributed by atoms with van der Waals surface area (Å²) in [6.45, 7) is 7.81. The Labute approximate surface area is 132 Å². The molecule has 22 heavy (non-hydrogen) atoms. The molecule has 0 rings (SSSR count). The van der Waals surface area contributed by atoms with Crippen molar-refractivity contribution in [1.82, 2.24) is 5.32 Å². The number of esters is 1. The van der Waals surface area contributed by atoms with Crippen LogP contribution in [-0.4, -0.2) is 26.7 Å². The van der Waals surface area contributed by atoms with Crippen molar-refractivity contribution >= 4 is 5.97 Å². The average molecular weight is 301 g/mol. The highest BCUT2D eigenvalue weighted by molar-refractivity contribution is 5.92. The molecule has 0 heterocycles. The molecule has 0 aliphatic carbocycles. The van der Waals surface area contributed by atoms with E-state index >= 15 is 0 Å². The first kappa shape index (κ1) is 19.3. The Bertz CT molecular complexity index is 557. The first-order valence-corrected chi connectivity index (χ1v) is 6.72. The predicted molar refractivity (Wildman–Crippen MR) is 89.7 cm³/mol. The molecule has 0 saturated carbocycles. The summed E-state index contributed by atoms with van der Waals surface area (Å²) >= 11 is 0. The molecule has 0 aliphatic heterocycles. The Hall–Kier alpha value is -2.67. The van der Waals surface area contributed by atoms with Crippen LogP contribution >= 0.6 is 0 Å². The molecule has 0 radical (unpaired) electrons. The summed E-state index contributed by atoms with van der Waals surface area (Å²) in [5.41, 5.74) is 1.50. The Morgan fingerprint density at radius 1 is 1.27 bits per heavy atom. The number of methoxy groups -OCH3 is 2. The summed E-state index contributed by atoms with van der Waals surface area (Å²) in [5.74, 6) is 2.83. The van der Waals surface area contributed by atoms with Gasteiger partial charge in [0.2, 0.25) is 0 Å². The number of nitrogens with one attached hydrogen (secondary N) is 1. The first-order chi connectivity index (χ1) is 10.5. The maximum absolute atomic E-state index is 11.6. The van der Waals surface area contributed by atoms with Crippen LogP contribution in [0, 0.1) is 12.3 Å². The van der Waals surface area contributed by atoms with Gasteiger partial charge in [-0.15, -0.1) is 6.42 Å². The molecule has 4 heteroatoms. The van der Waals surface area contributed by atoms with Gasteiger partial charge >= 0.3 is 5.97 Å². The van der Waals surface area contributed by atoms with Gasteiger partial charge in [-0.05, 0) is 32.1 Å². The maximum Gasteiger partial charge on any atom is 0.339 e. The van der Waals surface area contributed by atoms with Crippen LogP contribution in [0.3, 0.4) is 0 Å². The van der Waals surface area contributed by atoms with Gasteiger partial charge in [0.1, 0.15) is 0 Å². The lowest BCUT2D eigenvalue weighted by Gasteiger charge is -2.11. The average Bonchev–Trinajstić information content (AvgIpc) is 2.55. The standard InChI is InChI=1S/C18H23NO3/c1-7-9-10-17(15(4)18(20)22-6)19-13-16(8-2)12-11-14(3)21-5/h2,7,9-12,19H,4,13H2,1,3,5-6H3/b9-7-,14-11+,16-12+,17-10+. The van der Waals surface area contributed by atoms with Crippen LogP contribution in [0.5, 0.6) is 0 Å². The summed E-state index contributed by atoms with van der Waals surface area (Å²) in [7, 11) is 2.90. The minimum Gasteiger partial charge on any atom is -0.501 e. The number of rotatable bonds is 8. The van der Waals surface area contributed by atoms with E-state index in [1.54, 1.807) is 31.4 Å². The van der Waals surface area contributed by atoms with Crippen molar-refractivity contribution in [3.05, 3.63) is 59.6 Å². The van der Waals surface area contributed by atoms with Crippen molar-refractivity contribution in [3.8, 4) is 12.3 Å². The van der Waals surface area contributed by atoms with Crippen molar-refractivity contribution < 1.29 is 14.3 Å². The fraction of sp³-hybridized carbons (Fsp3) is 0.278. The second-order valence-corrected chi connectivity index (χ2v) is 4.25. The molecule has 0 atom stereocenters. The van der Waals surface area contributed by atoms with Crippen LogP contribution in [-0.2, 0) is 14.3 Å². The second-order valence-electron chi connectivity index (χ2n) is 4.25. The van der Waals surface area contributed by atoms with Crippen molar-refractivity contribution in [2.75, 3.05) is 20.8 Å². The second kappa shape index (κ2) is 11.0. The minimum atomic E-state index is -0.496. The van der Waals surface area contributed by atoms with Gasteiger partial charge in [-0.2, -0.15) is 0 Å². The maximum atomic E-state index is 11.6. The third kappa shape index (κ3) is 7.20. The summed E-state index contributed by atoms with van der Waals surface area (Å²) < 4.78 is 9.71. The zero-order chi connectivity index (χ0) is 17.0. The summed E-state index contributed by atoms with van der Waals surface area (Å²) in [6.07, 6.45) is 14.4. The highest BCUT2D eigenvalue weighted by Crippen LogP contribution is 2.08. The van der Waals surface area contributed by atoms with E-state index in [2.05, 4.69) is 22.6 Å². The lowest BCUT2D eigenvalue weighted by Crippen LogP contribution is -2.21. The molecule has 0 fully saturated rings. The molecule has 1 N–H and O–H groups in total. The van der Waals surface area contributed by atoms with Crippen LogP contribution in [0.1, 0.15) is 13.8 Å². The molecule has 0 aliphatic rings. The van der Waals surface area contributed by atoms with E-state index in [0.29, 0.717) is 17.8 Å². The van der Waals surface area contributed by atoms with Gasteiger partial charge < -0.3 is 14.8 Å². The molecule has 0 spiro atoms. The lowest BCUT2D eigenvalue weighted by atomic mass is 10.1. The zero-order valence-corrected chi connectivity index (χ0v) is 13.6. The van der Waals surface area contributed by atoms with Gasteiger partial charge in [0.25, 0.3) is 0 Å². The Balaban J connectivity index is 5.07. The van der Waals surface area contributed by atoms with Crippen LogP contribution < -0.4 is 5.32 Å². The molecular weight excluding hydrogens is 278 g/mol. The fourth-order valence-electron chi connectivity index (χ4n) is 1.33. The zero-order valence-electron chi connectivity index (χ0n) is 13.6. The van der Waals surface area contributed by atoms with E-state index in [-0.39, 0.29) is 5.57 Å². The van der Waals surface area contributed by atoms with Gasteiger partial charge in [0.05, 0.1) is 25.6 Å². The van der Waals surface area contributed by atoms with Gasteiger partial charge in [0, 0.05) is 17.8 Å². The number of ether oxygens (including phenoxy) is 2. The normalized spacial score (nSPS) is 12.8. The molecule has 0 saturated heterocycles. The number of hydrogen-bond donors (Lipinski definition) is 1. The van der Waals surface area contributed by atoms with E-state index in [4.69, 9.17) is 11.2 Å². The summed E-state index contributed by atoms with van der Waals surface area (Å²) in [5, 5.41) is 3.09. The van der Waals surface area contributed by atoms with Crippen LogP contribution in [0.2, 0.25) is 0 Å². The quantitative estimate of drug-likeness (QED) is 0.246. The fourth-order valence-corrected chi connectivity index (χ4v) is 1.33.